The zero-order valence-corrected chi connectivity index (χ0v) is 8.38. The molecule has 1 rings (SSSR count). The van der Waals surface area contributed by atoms with Gasteiger partial charge in [0.2, 0.25) is 0 Å². The molecular weight excluding hydrogens is 168 g/mol. The monoisotopic (exact) mass is 186 g/mol. The Balaban J connectivity index is 2.16. The second-order valence-corrected chi connectivity index (χ2v) is 3.54. The van der Waals surface area contributed by atoms with Crippen LogP contribution in [0.25, 0.3) is 0 Å². The fraction of sp³-hybridized carbons (Fsp3) is 0.889. The Hall–Kier alpha value is -0.770. The summed E-state index contributed by atoms with van der Waals surface area (Å²) in [6.07, 6.45) is 2.22. The molecule has 1 saturated heterocycles. The summed E-state index contributed by atoms with van der Waals surface area (Å²) in [7, 11) is 1.39. The van der Waals surface area contributed by atoms with Gasteiger partial charge in [-0.15, -0.1) is 0 Å². The van der Waals surface area contributed by atoms with Crippen molar-refractivity contribution < 1.29 is 9.53 Å². The molecule has 0 aliphatic carbocycles. The maximum atomic E-state index is 10.8. The molecule has 1 fully saturated rings. The predicted octanol–water partition coefficient (Wildman–Crippen LogP) is 0.827. The predicted molar refractivity (Wildman–Crippen MR) is 50.7 cm³/mol. The second kappa shape index (κ2) is 5.07. The number of hydrogen-bond acceptors (Lipinski definition) is 3. The van der Waals surface area contributed by atoms with Crippen LogP contribution in [-0.4, -0.2) is 43.8 Å². The zero-order valence-electron chi connectivity index (χ0n) is 8.38. The summed E-state index contributed by atoms with van der Waals surface area (Å²) in [5.74, 6) is 0. The van der Waals surface area contributed by atoms with E-state index >= 15 is 0 Å². The van der Waals surface area contributed by atoms with Gasteiger partial charge in [-0.05, 0) is 32.9 Å². The van der Waals surface area contributed by atoms with Crippen LogP contribution in [0.4, 0.5) is 4.79 Å². The number of amides is 1. The van der Waals surface area contributed by atoms with Crippen LogP contribution in [0.1, 0.15) is 19.8 Å². The molecule has 1 unspecified atom stereocenters. The summed E-state index contributed by atoms with van der Waals surface area (Å²) >= 11 is 0. The maximum absolute atomic E-state index is 10.8. The number of hydrogen-bond donors (Lipinski definition) is 1. The molecule has 0 aromatic rings. The summed E-state index contributed by atoms with van der Waals surface area (Å²) in [6.45, 7) is 5.24. The number of carbonyl (C=O) groups is 1. The topological polar surface area (TPSA) is 41.6 Å². The molecule has 1 aliphatic rings. The van der Waals surface area contributed by atoms with Crippen molar-refractivity contribution >= 4 is 6.09 Å². The minimum Gasteiger partial charge on any atom is -0.453 e. The van der Waals surface area contributed by atoms with E-state index in [2.05, 4.69) is 15.0 Å². The first kappa shape index (κ1) is 10.3. The summed E-state index contributed by atoms with van der Waals surface area (Å²) in [4.78, 5) is 13.2. The van der Waals surface area contributed by atoms with E-state index in [4.69, 9.17) is 0 Å². The SMILES string of the molecule is COC(=O)NC(C)CN1CCCC1. The highest BCUT2D eigenvalue weighted by Gasteiger charge is 2.15. The third kappa shape index (κ3) is 3.63. The van der Waals surface area contributed by atoms with Crippen molar-refractivity contribution in [3.05, 3.63) is 0 Å². The Morgan fingerprint density at radius 1 is 1.54 bits per heavy atom. The lowest BCUT2D eigenvalue weighted by Crippen LogP contribution is -2.40. The lowest BCUT2D eigenvalue weighted by Gasteiger charge is -2.20. The number of alkyl carbamates (subject to hydrolysis) is 1. The molecule has 4 nitrogen and oxygen atoms in total. The largest absolute Gasteiger partial charge is 0.453 e. The normalized spacial score (nSPS) is 19.8. The van der Waals surface area contributed by atoms with Gasteiger partial charge in [-0.3, -0.25) is 0 Å². The van der Waals surface area contributed by atoms with Gasteiger partial charge in [-0.25, -0.2) is 4.79 Å². The Labute approximate surface area is 79.2 Å². The van der Waals surface area contributed by atoms with Gasteiger partial charge in [0.25, 0.3) is 0 Å². The maximum Gasteiger partial charge on any atom is 0.407 e. The van der Waals surface area contributed by atoms with Crippen LogP contribution >= 0.6 is 0 Å². The molecule has 13 heavy (non-hydrogen) atoms. The number of nitrogens with one attached hydrogen (secondary N) is 1. The lowest BCUT2D eigenvalue weighted by molar-refractivity contribution is 0.164. The van der Waals surface area contributed by atoms with Crippen LogP contribution in [0, 0.1) is 0 Å². The number of rotatable bonds is 3. The van der Waals surface area contributed by atoms with Gasteiger partial charge in [-0.2, -0.15) is 0 Å². The lowest BCUT2D eigenvalue weighted by atomic mass is 10.3. The van der Waals surface area contributed by atoms with Crippen molar-refractivity contribution in [2.24, 2.45) is 0 Å². The minimum atomic E-state index is -0.341. The molecule has 0 bridgehead atoms. The molecule has 4 heteroatoms. The highest BCUT2D eigenvalue weighted by molar-refractivity contribution is 5.67. The fourth-order valence-corrected chi connectivity index (χ4v) is 1.66. The van der Waals surface area contributed by atoms with Gasteiger partial charge < -0.3 is 15.0 Å². The minimum absolute atomic E-state index is 0.172. The standard InChI is InChI=1S/C9H18N2O2/c1-8(10-9(12)13-2)7-11-5-3-4-6-11/h8H,3-7H2,1-2H3,(H,10,12). The molecule has 0 saturated carbocycles. The van der Waals surface area contributed by atoms with E-state index in [-0.39, 0.29) is 12.1 Å². The van der Waals surface area contributed by atoms with E-state index in [9.17, 15) is 4.79 Å². The fourth-order valence-electron chi connectivity index (χ4n) is 1.66. The average Bonchev–Trinajstić information content (AvgIpc) is 2.56. The molecule has 0 spiro atoms. The van der Waals surface area contributed by atoms with Crippen molar-refractivity contribution in [3.63, 3.8) is 0 Å². The van der Waals surface area contributed by atoms with E-state index in [0.29, 0.717) is 0 Å². The molecule has 0 radical (unpaired) electrons. The number of ether oxygens (including phenoxy) is 1. The molecule has 0 aromatic heterocycles. The molecule has 76 valence electrons. The molecule has 1 N–H and O–H groups in total. The summed E-state index contributed by atoms with van der Waals surface area (Å²) in [5.41, 5.74) is 0. The zero-order chi connectivity index (χ0) is 9.68. The van der Waals surface area contributed by atoms with Crippen molar-refractivity contribution in [2.75, 3.05) is 26.7 Å². The number of nitrogens with zero attached hydrogens (tertiary/aromatic N) is 1. The summed E-state index contributed by atoms with van der Waals surface area (Å²) in [5, 5.41) is 2.75. The molecule has 1 amide bonds. The third-order valence-corrected chi connectivity index (χ3v) is 2.28. The average molecular weight is 186 g/mol. The van der Waals surface area contributed by atoms with Gasteiger partial charge in [0.15, 0.2) is 0 Å². The van der Waals surface area contributed by atoms with E-state index in [1.54, 1.807) is 0 Å². The molecule has 1 aliphatic heterocycles. The van der Waals surface area contributed by atoms with E-state index in [1.807, 2.05) is 6.92 Å². The van der Waals surface area contributed by atoms with Crippen LogP contribution in [0.15, 0.2) is 0 Å². The Kier molecular flexibility index (Phi) is 4.02. The number of carbonyl (C=O) groups excluding carboxylic acids is 1. The first-order valence-electron chi connectivity index (χ1n) is 4.79. The Bertz CT molecular complexity index is 167. The van der Waals surface area contributed by atoms with Crippen molar-refractivity contribution in [1.29, 1.82) is 0 Å². The van der Waals surface area contributed by atoms with Gasteiger partial charge >= 0.3 is 6.09 Å². The van der Waals surface area contributed by atoms with Crippen molar-refractivity contribution in [3.8, 4) is 0 Å². The molecule has 1 atom stereocenters. The molecular formula is C9H18N2O2. The van der Waals surface area contributed by atoms with Crippen LogP contribution in [0.3, 0.4) is 0 Å². The van der Waals surface area contributed by atoms with Crippen LogP contribution < -0.4 is 5.32 Å². The van der Waals surface area contributed by atoms with Crippen molar-refractivity contribution in [2.45, 2.75) is 25.8 Å². The van der Waals surface area contributed by atoms with Gasteiger partial charge in [0, 0.05) is 12.6 Å². The van der Waals surface area contributed by atoms with Crippen LogP contribution in [0.2, 0.25) is 0 Å². The molecule has 0 aromatic carbocycles. The van der Waals surface area contributed by atoms with Gasteiger partial charge in [0.05, 0.1) is 7.11 Å². The van der Waals surface area contributed by atoms with Crippen LogP contribution in [0.5, 0.6) is 0 Å². The van der Waals surface area contributed by atoms with E-state index < -0.39 is 0 Å². The third-order valence-electron chi connectivity index (χ3n) is 2.28. The first-order valence-corrected chi connectivity index (χ1v) is 4.79. The van der Waals surface area contributed by atoms with Crippen LogP contribution in [-0.2, 0) is 4.74 Å². The number of likely N-dealkylation sites (tertiary alicyclic amines) is 1. The highest BCUT2D eigenvalue weighted by Crippen LogP contribution is 2.07. The summed E-state index contributed by atoms with van der Waals surface area (Å²) in [6, 6.07) is 0.172. The van der Waals surface area contributed by atoms with E-state index in [1.165, 1.54) is 20.0 Å². The van der Waals surface area contributed by atoms with Gasteiger partial charge in [0.1, 0.15) is 0 Å². The number of methoxy groups -OCH3 is 1. The van der Waals surface area contributed by atoms with Gasteiger partial charge in [-0.1, -0.05) is 0 Å². The second-order valence-electron chi connectivity index (χ2n) is 3.54. The Morgan fingerprint density at radius 2 is 2.15 bits per heavy atom. The Morgan fingerprint density at radius 3 is 2.69 bits per heavy atom. The smallest absolute Gasteiger partial charge is 0.407 e. The highest BCUT2D eigenvalue weighted by atomic mass is 16.5. The quantitative estimate of drug-likeness (QED) is 0.709. The van der Waals surface area contributed by atoms with Crippen molar-refractivity contribution in [1.82, 2.24) is 10.2 Å². The molecule has 1 heterocycles. The van der Waals surface area contributed by atoms with E-state index in [0.717, 1.165) is 19.6 Å². The first-order chi connectivity index (χ1) is 6.22. The summed E-state index contributed by atoms with van der Waals surface area (Å²) < 4.78 is 4.52.